The summed E-state index contributed by atoms with van der Waals surface area (Å²) in [5.41, 5.74) is 3.16. The van der Waals surface area contributed by atoms with Crippen molar-refractivity contribution in [1.29, 1.82) is 0 Å². The van der Waals surface area contributed by atoms with Crippen molar-refractivity contribution < 1.29 is 19.1 Å². The number of amides is 2. The smallest absolute Gasteiger partial charge is 0.329 e. The number of rotatable bonds is 9. The Labute approximate surface area is 202 Å². The van der Waals surface area contributed by atoms with Crippen LogP contribution in [0.15, 0.2) is 48.5 Å². The van der Waals surface area contributed by atoms with Crippen molar-refractivity contribution >= 4 is 34.8 Å². The number of ether oxygens (including phenoxy) is 1. The van der Waals surface area contributed by atoms with Gasteiger partial charge in [-0.3, -0.25) is 9.59 Å². The molecule has 9 heteroatoms. The lowest BCUT2D eigenvalue weighted by molar-refractivity contribution is -0.148. The van der Waals surface area contributed by atoms with Gasteiger partial charge in [-0.2, -0.15) is 0 Å². The Kier molecular flexibility index (Phi) is 8.48. The lowest BCUT2D eigenvalue weighted by atomic mass is 10.0. The summed E-state index contributed by atoms with van der Waals surface area (Å²) in [5.74, 6) is -1.48. The molecule has 0 bridgehead atoms. The first-order chi connectivity index (χ1) is 16.3. The standard InChI is InChI=1S/C25H28N4O4S/c1-5-17-10-12-18(13-11-17)26-23(31)24-29-28-20(34-24)14-33-25(32)21(15(2)3)27-22(30)19-9-7-6-8-16(19)4/h6-13,15,21H,5,14H2,1-4H3,(H,26,31)(H,27,30)/t21-/m0/s1. The molecule has 0 aliphatic heterocycles. The molecule has 0 radical (unpaired) electrons. The van der Waals surface area contributed by atoms with Gasteiger partial charge in [0.2, 0.25) is 5.01 Å². The number of aryl methyl sites for hydroxylation is 2. The SMILES string of the molecule is CCc1ccc(NC(=O)c2nnc(COC(=O)[C@@H](NC(=O)c3ccccc3C)C(C)C)s2)cc1. The summed E-state index contributed by atoms with van der Waals surface area (Å²) in [4.78, 5) is 37.8. The first-order valence-corrected chi connectivity index (χ1v) is 11.9. The first-order valence-electron chi connectivity index (χ1n) is 11.0. The summed E-state index contributed by atoms with van der Waals surface area (Å²) in [5, 5.41) is 13.9. The maximum Gasteiger partial charge on any atom is 0.329 e. The monoisotopic (exact) mass is 480 g/mol. The molecule has 0 fully saturated rings. The minimum atomic E-state index is -0.825. The van der Waals surface area contributed by atoms with Crippen LogP contribution in [0.2, 0.25) is 0 Å². The number of aromatic nitrogens is 2. The summed E-state index contributed by atoms with van der Waals surface area (Å²) in [6, 6.07) is 13.9. The number of carbonyl (C=O) groups is 3. The van der Waals surface area contributed by atoms with E-state index in [1.165, 1.54) is 5.56 Å². The van der Waals surface area contributed by atoms with Gasteiger partial charge in [-0.15, -0.1) is 10.2 Å². The van der Waals surface area contributed by atoms with Crippen LogP contribution in [0.5, 0.6) is 0 Å². The highest BCUT2D eigenvalue weighted by Gasteiger charge is 2.27. The Morgan fingerprint density at radius 1 is 1.00 bits per heavy atom. The Balaban J connectivity index is 1.57. The summed E-state index contributed by atoms with van der Waals surface area (Å²) >= 11 is 1.04. The van der Waals surface area contributed by atoms with Gasteiger partial charge in [0.05, 0.1) is 0 Å². The summed E-state index contributed by atoms with van der Waals surface area (Å²) in [6.07, 6.45) is 0.917. The van der Waals surface area contributed by atoms with Crippen LogP contribution in [0.3, 0.4) is 0 Å². The maximum absolute atomic E-state index is 12.7. The van der Waals surface area contributed by atoms with Gasteiger partial charge in [-0.1, -0.05) is 62.4 Å². The molecule has 0 unspecified atom stereocenters. The van der Waals surface area contributed by atoms with E-state index in [9.17, 15) is 14.4 Å². The molecule has 0 saturated carbocycles. The van der Waals surface area contributed by atoms with E-state index in [0.717, 1.165) is 23.3 Å². The Morgan fingerprint density at radius 2 is 1.71 bits per heavy atom. The maximum atomic E-state index is 12.7. The minimum Gasteiger partial charge on any atom is -0.457 e. The molecule has 1 heterocycles. The average molecular weight is 481 g/mol. The third kappa shape index (κ3) is 6.48. The lowest BCUT2D eigenvalue weighted by Crippen LogP contribution is -2.45. The first kappa shape index (κ1) is 25.0. The van der Waals surface area contributed by atoms with Crippen molar-refractivity contribution in [3.05, 3.63) is 75.2 Å². The molecule has 0 aliphatic rings. The second-order valence-electron chi connectivity index (χ2n) is 8.12. The number of benzene rings is 2. The molecule has 0 saturated heterocycles. The molecule has 0 aliphatic carbocycles. The number of esters is 1. The fraction of sp³-hybridized carbons (Fsp3) is 0.320. The molecule has 3 aromatic rings. The third-order valence-corrected chi connectivity index (χ3v) is 6.11. The van der Waals surface area contributed by atoms with E-state index < -0.39 is 12.0 Å². The number of hydrogen-bond acceptors (Lipinski definition) is 7. The molecule has 1 atom stereocenters. The van der Waals surface area contributed by atoms with Crippen LogP contribution in [0.1, 0.15) is 57.1 Å². The van der Waals surface area contributed by atoms with E-state index in [0.29, 0.717) is 16.3 Å². The number of nitrogens with zero attached hydrogens (tertiary/aromatic N) is 2. The van der Waals surface area contributed by atoms with E-state index in [2.05, 4.69) is 27.8 Å². The quantitative estimate of drug-likeness (QED) is 0.445. The molecule has 2 aromatic carbocycles. The number of anilines is 1. The number of nitrogens with one attached hydrogen (secondary N) is 2. The molecule has 0 spiro atoms. The van der Waals surface area contributed by atoms with Crippen molar-refractivity contribution in [2.45, 2.75) is 46.8 Å². The van der Waals surface area contributed by atoms with E-state index >= 15 is 0 Å². The zero-order valence-corrected chi connectivity index (χ0v) is 20.4. The van der Waals surface area contributed by atoms with Crippen molar-refractivity contribution in [1.82, 2.24) is 15.5 Å². The zero-order valence-electron chi connectivity index (χ0n) is 19.6. The predicted molar refractivity (Wildman–Crippen MR) is 131 cm³/mol. The molecule has 2 amide bonds. The van der Waals surface area contributed by atoms with Crippen molar-refractivity contribution in [2.75, 3.05) is 5.32 Å². The van der Waals surface area contributed by atoms with Gasteiger partial charge in [-0.25, -0.2) is 4.79 Å². The molecular weight excluding hydrogens is 452 g/mol. The highest BCUT2D eigenvalue weighted by atomic mass is 32.1. The van der Waals surface area contributed by atoms with Crippen LogP contribution in [-0.2, 0) is 22.6 Å². The van der Waals surface area contributed by atoms with Crippen LogP contribution >= 0.6 is 11.3 Å². The lowest BCUT2D eigenvalue weighted by Gasteiger charge is -2.21. The highest BCUT2D eigenvalue weighted by Crippen LogP contribution is 2.16. The second-order valence-corrected chi connectivity index (χ2v) is 9.19. The second kappa shape index (κ2) is 11.5. The van der Waals surface area contributed by atoms with Crippen LogP contribution in [-0.4, -0.2) is 34.0 Å². The summed E-state index contributed by atoms with van der Waals surface area (Å²) in [7, 11) is 0. The fourth-order valence-electron chi connectivity index (χ4n) is 3.18. The number of hydrogen-bond donors (Lipinski definition) is 2. The Morgan fingerprint density at radius 3 is 2.35 bits per heavy atom. The van der Waals surface area contributed by atoms with Gasteiger partial charge in [-0.05, 0) is 48.6 Å². The minimum absolute atomic E-state index is 0.140. The molecule has 3 rings (SSSR count). The van der Waals surface area contributed by atoms with Gasteiger partial charge in [0.1, 0.15) is 12.6 Å². The van der Waals surface area contributed by atoms with Crippen molar-refractivity contribution in [3.63, 3.8) is 0 Å². The average Bonchev–Trinajstić information content (AvgIpc) is 3.31. The van der Waals surface area contributed by atoms with Crippen LogP contribution < -0.4 is 10.6 Å². The third-order valence-electron chi connectivity index (χ3n) is 5.22. The van der Waals surface area contributed by atoms with E-state index in [1.807, 2.05) is 57.2 Å². The van der Waals surface area contributed by atoms with Crippen LogP contribution in [0, 0.1) is 12.8 Å². The number of carbonyl (C=O) groups excluding carboxylic acids is 3. The largest absolute Gasteiger partial charge is 0.457 e. The molecule has 178 valence electrons. The molecule has 1 aromatic heterocycles. The molecule has 34 heavy (non-hydrogen) atoms. The Hall–Kier alpha value is -3.59. The van der Waals surface area contributed by atoms with Gasteiger partial charge >= 0.3 is 5.97 Å². The van der Waals surface area contributed by atoms with Crippen LogP contribution in [0.25, 0.3) is 0 Å². The van der Waals surface area contributed by atoms with E-state index in [4.69, 9.17) is 4.74 Å². The van der Waals surface area contributed by atoms with Crippen molar-refractivity contribution in [3.8, 4) is 0 Å². The summed E-state index contributed by atoms with van der Waals surface area (Å²) < 4.78 is 5.38. The topological polar surface area (TPSA) is 110 Å². The van der Waals surface area contributed by atoms with Gasteiger partial charge < -0.3 is 15.4 Å². The van der Waals surface area contributed by atoms with E-state index in [1.54, 1.807) is 12.1 Å². The summed E-state index contributed by atoms with van der Waals surface area (Å²) in [6.45, 7) is 7.40. The molecule has 8 nitrogen and oxygen atoms in total. The Bertz CT molecular complexity index is 1160. The van der Waals surface area contributed by atoms with Crippen molar-refractivity contribution in [2.24, 2.45) is 5.92 Å². The van der Waals surface area contributed by atoms with Gasteiger partial charge in [0, 0.05) is 11.3 Å². The zero-order chi connectivity index (χ0) is 24.7. The fourth-order valence-corrected chi connectivity index (χ4v) is 3.83. The van der Waals surface area contributed by atoms with Gasteiger partial charge in [0.25, 0.3) is 11.8 Å². The molecular formula is C25H28N4O4S. The predicted octanol–water partition coefficient (Wildman–Crippen LogP) is 4.16. The van der Waals surface area contributed by atoms with Crippen LogP contribution in [0.4, 0.5) is 5.69 Å². The van der Waals surface area contributed by atoms with Gasteiger partial charge in [0.15, 0.2) is 5.01 Å². The van der Waals surface area contributed by atoms with E-state index in [-0.39, 0.29) is 29.3 Å². The highest BCUT2D eigenvalue weighted by molar-refractivity contribution is 7.13. The molecule has 2 N–H and O–H groups in total. The normalized spacial score (nSPS) is 11.7.